The number of phenolic OH excluding ortho intramolecular Hbond substituents is 2. The molecule has 0 atom stereocenters. The Morgan fingerprint density at radius 1 is 0.432 bits per heavy atom. The van der Waals surface area contributed by atoms with Crippen molar-refractivity contribution in [1.29, 1.82) is 0 Å². The molecule has 0 aliphatic heterocycles. The van der Waals surface area contributed by atoms with Gasteiger partial charge in [-0.15, -0.1) is 0 Å². The van der Waals surface area contributed by atoms with Crippen LogP contribution in [0.4, 0.5) is 0 Å². The molecular formula is C28H14Na2O12S2. The van der Waals surface area contributed by atoms with Crippen LogP contribution in [0.3, 0.4) is 0 Å². The summed E-state index contributed by atoms with van der Waals surface area (Å²) in [6.45, 7) is 0. The molecule has 4 aromatic carbocycles. The van der Waals surface area contributed by atoms with E-state index in [0.717, 1.165) is 12.1 Å². The van der Waals surface area contributed by atoms with Crippen LogP contribution in [0.2, 0.25) is 0 Å². The zero-order valence-electron chi connectivity index (χ0n) is 22.7. The standard InChI is InChI=1S/2C14H8O6S.2Na/c2*15-9-5-1-3-7-11(9)13(16)8-4-2-6-10(21(18,19)20)12(8)14(7)17;;/h2*1-6,15H,(H,18,19,20);;/q;;2*+1/p-2. The summed E-state index contributed by atoms with van der Waals surface area (Å²) in [6.07, 6.45) is 0. The quantitative estimate of drug-likeness (QED) is 0.136. The Balaban J connectivity index is 0.000000230. The van der Waals surface area contributed by atoms with Gasteiger partial charge in [-0.3, -0.25) is 19.2 Å². The van der Waals surface area contributed by atoms with E-state index in [1.54, 1.807) is 0 Å². The van der Waals surface area contributed by atoms with Crippen molar-refractivity contribution < 1.29 is 114 Å². The topological polar surface area (TPSA) is 223 Å². The van der Waals surface area contributed by atoms with Crippen LogP contribution in [-0.4, -0.2) is 59.3 Å². The summed E-state index contributed by atoms with van der Waals surface area (Å²) in [4.78, 5) is 48.0. The number of carbonyl (C=O) groups is 4. The minimum Gasteiger partial charge on any atom is -0.744 e. The van der Waals surface area contributed by atoms with Crippen LogP contribution in [0.5, 0.6) is 11.5 Å². The molecule has 0 heterocycles. The van der Waals surface area contributed by atoms with E-state index in [1.165, 1.54) is 60.7 Å². The number of rotatable bonds is 2. The first-order valence-electron chi connectivity index (χ1n) is 11.6. The smallest absolute Gasteiger partial charge is 0.744 e. The molecule has 0 spiro atoms. The predicted octanol–water partition coefficient (Wildman–Crippen LogP) is -3.85. The van der Waals surface area contributed by atoms with E-state index < -0.39 is 64.3 Å². The van der Waals surface area contributed by atoms with Crippen molar-refractivity contribution in [2.45, 2.75) is 9.79 Å². The van der Waals surface area contributed by atoms with Gasteiger partial charge in [0.2, 0.25) is 0 Å². The molecule has 12 nitrogen and oxygen atoms in total. The van der Waals surface area contributed by atoms with Crippen molar-refractivity contribution >= 4 is 43.4 Å². The molecule has 2 aliphatic rings. The number of hydrogen-bond acceptors (Lipinski definition) is 12. The maximum Gasteiger partial charge on any atom is 1.00 e. The van der Waals surface area contributed by atoms with Crippen LogP contribution >= 0.6 is 0 Å². The van der Waals surface area contributed by atoms with Crippen LogP contribution in [0, 0.1) is 0 Å². The summed E-state index contributed by atoms with van der Waals surface area (Å²) in [5.74, 6) is -3.67. The molecule has 0 fully saturated rings. The zero-order valence-corrected chi connectivity index (χ0v) is 28.4. The molecule has 16 heteroatoms. The summed E-state index contributed by atoms with van der Waals surface area (Å²) >= 11 is 0. The van der Waals surface area contributed by atoms with Gasteiger partial charge in [0, 0.05) is 22.3 Å². The predicted molar refractivity (Wildman–Crippen MR) is 139 cm³/mol. The fourth-order valence-electron chi connectivity index (χ4n) is 4.80. The van der Waals surface area contributed by atoms with Gasteiger partial charge in [0.05, 0.1) is 32.0 Å². The third kappa shape index (κ3) is 5.98. The largest absolute Gasteiger partial charge is 1.00 e. The van der Waals surface area contributed by atoms with Crippen molar-refractivity contribution in [3.05, 3.63) is 117 Å². The van der Waals surface area contributed by atoms with Crippen molar-refractivity contribution in [1.82, 2.24) is 0 Å². The van der Waals surface area contributed by atoms with E-state index in [1.807, 2.05) is 0 Å². The van der Waals surface area contributed by atoms with Crippen LogP contribution in [-0.2, 0) is 20.2 Å². The summed E-state index contributed by atoms with van der Waals surface area (Å²) in [7, 11) is -9.80. The second-order valence-electron chi connectivity index (χ2n) is 8.98. The molecule has 0 aromatic heterocycles. The van der Waals surface area contributed by atoms with Gasteiger partial charge in [-0.1, -0.05) is 48.5 Å². The van der Waals surface area contributed by atoms with E-state index in [4.69, 9.17) is 0 Å². The molecule has 2 aliphatic carbocycles. The van der Waals surface area contributed by atoms with Crippen LogP contribution < -0.4 is 59.1 Å². The third-order valence-corrected chi connectivity index (χ3v) is 8.32. The van der Waals surface area contributed by atoms with Gasteiger partial charge in [-0.25, -0.2) is 16.8 Å². The maximum atomic E-state index is 12.4. The Kier molecular flexibility index (Phi) is 10.3. The van der Waals surface area contributed by atoms with E-state index in [-0.39, 0.29) is 104 Å². The zero-order chi connectivity index (χ0) is 30.7. The fraction of sp³-hybridized carbons (Fsp3) is 0. The van der Waals surface area contributed by atoms with Crippen LogP contribution in [0.1, 0.15) is 63.7 Å². The average molecular weight is 653 g/mol. The Bertz CT molecular complexity index is 1990. The van der Waals surface area contributed by atoms with Crippen LogP contribution in [0.25, 0.3) is 0 Å². The van der Waals surface area contributed by atoms with E-state index in [9.17, 15) is 55.3 Å². The van der Waals surface area contributed by atoms with E-state index in [0.29, 0.717) is 0 Å². The normalized spacial score (nSPS) is 13.1. The maximum absolute atomic E-state index is 12.4. The Morgan fingerprint density at radius 3 is 0.977 bits per heavy atom. The number of phenols is 2. The van der Waals surface area contributed by atoms with Crippen LogP contribution in [0.15, 0.2) is 82.6 Å². The monoisotopic (exact) mass is 652 g/mol. The van der Waals surface area contributed by atoms with Gasteiger partial charge in [-0.2, -0.15) is 0 Å². The Morgan fingerprint density at radius 2 is 0.682 bits per heavy atom. The molecule has 0 bridgehead atoms. The second-order valence-corrected chi connectivity index (χ2v) is 11.7. The number of fused-ring (bicyclic) bond motifs is 4. The molecule has 4 aromatic rings. The first kappa shape index (κ1) is 35.5. The number of hydrogen-bond donors (Lipinski definition) is 2. The average Bonchev–Trinajstić information content (AvgIpc) is 2.93. The van der Waals surface area contributed by atoms with E-state index >= 15 is 0 Å². The summed E-state index contributed by atoms with van der Waals surface area (Å²) in [5.41, 5.74) is -1.89. The molecule has 6 rings (SSSR count). The van der Waals surface area contributed by atoms with Crippen molar-refractivity contribution in [3.63, 3.8) is 0 Å². The summed E-state index contributed by atoms with van der Waals surface area (Å²) < 4.78 is 67.6. The minimum absolute atomic E-state index is 0. The van der Waals surface area contributed by atoms with Gasteiger partial charge in [0.25, 0.3) is 0 Å². The third-order valence-electron chi connectivity index (χ3n) is 6.56. The SMILES string of the molecule is O=C1c2cccc(S(=O)(=O)[O-])c2C(=O)c2cccc(O)c21.O=C1c2cccc(S(=O)(=O)[O-])c2C(=O)c2cccc(O)c21.[Na+].[Na+]. The molecule has 0 saturated carbocycles. The molecule has 0 radical (unpaired) electrons. The molecule has 44 heavy (non-hydrogen) atoms. The van der Waals surface area contributed by atoms with Crippen molar-refractivity contribution in [3.8, 4) is 11.5 Å². The molecule has 0 amide bonds. The van der Waals surface area contributed by atoms with Crippen molar-refractivity contribution in [2.75, 3.05) is 0 Å². The molecular weight excluding hydrogens is 638 g/mol. The first-order valence-corrected chi connectivity index (χ1v) is 14.5. The molecule has 0 saturated heterocycles. The minimum atomic E-state index is -4.90. The first-order chi connectivity index (χ1) is 19.6. The summed E-state index contributed by atoms with van der Waals surface area (Å²) in [5, 5.41) is 19.5. The second kappa shape index (κ2) is 12.8. The van der Waals surface area contributed by atoms with Gasteiger partial charge in [0.1, 0.15) is 31.7 Å². The summed E-state index contributed by atoms with van der Waals surface area (Å²) in [6, 6.07) is 14.7. The Hall–Kier alpha value is -3.02. The number of benzene rings is 4. The fourth-order valence-corrected chi connectivity index (χ4v) is 6.20. The van der Waals surface area contributed by atoms with Gasteiger partial charge >= 0.3 is 59.1 Å². The number of carbonyl (C=O) groups excluding carboxylic acids is 4. The van der Waals surface area contributed by atoms with Crippen molar-refractivity contribution in [2.24, 2.45) is 0 Å². The molecule has 0 unspecified atom stereocenters. The molecule has 212 valence electrons. The van der Waals surface area contributed by atoms with Gasteiger partial charge < -0.3 is 19.3 Å². The number of ketones is 4. The van der Waals surface area contributed by atoms with Gasteiger partial charge in [-0.05, 0) is 24.3 Å². The molecule has 2 N–H and O–H groups in total. The van der Waals surface area contributed by atoms with Gasteiger partial charge in [0.15, 0.2) is 23.1 Å². The van der Waals surface area contributed by atoms with E-state index in [2.05, 4.69) is 0 Å². The number of aromatic hydroxyl groups is 2. The Labute approximate surface area is 293 Å².